The molecule has 0 amide bonds. The molecule has 1 spiro atoms. The van der Waals surface area contributed by atoms with Crippen LogP contribution in [0.1, 0.15) is 24.8 Å². The van der Waals surface area contributed by atoms with Crippen LogP contribution in [0.15, 0.2) is 18.2 Å². The molecule has 0 radical (unpaired) electrons. The Labute approximate surface area is 145 Å². The molecule has 24 heavy (non-hydrogen) atoms. The van der Waals surface area contributed by atoms with Crippen molar-refractivity contribution in [1.29, 1.82) is 0 Å². The molecule has 134 valence electrons. The minimum Gasteiger partial charge on any atom is -0.493 e. The molecular formula is C19H30FN3O. The maximum absolute atomic E-state index is 13.9. The van der Waals surface area contributed by atoms with Gasteiger partial charge < -0.3 is 9.64 Å². The van der Waals surface area contributed by atoms with E-state index in [1.165, 1.54) is 38.4 Å². The highest BCUT2D eigenvalue weighted by Gasteiger charge is 2.40. The molecule has 5 heteroatoms. The standard InChI is InChI=1S/C19H30FN3O/c1-21-10-5-11-22(2)19(15-21)8-12-23(13-9-19)14-16-6-4-7-17(20)18(16)24-3/h4,6-7H,5,8-15H2,1-3H3. The summed E-state index contributed by atoms with van der Waals surface area (Å²) in [6.45, 7) is 6.39. The fourth-order valence-electron chi connectivity index (χ4n) is 4.33. The Kier molecular flexibility index (Phi) is 5.42. The number of methoxy groups -OCH3 is 1. The molecule has 0 unspecified atom stereocenters. The fourth-order valence-corrected chi connectivity index (χ4v) is 4.33. The molecule has 2 aliphatic rings. The summed E-state index contributed by atoms with van der Waals surface area (Å²) in [6, 6.07) is 5.20. The Hall–Kier alpha value is -1.17. The molecule has 3 rings (SSSR count). The van der Waals surface area contributed by atoms with Crippen LogP contribution in [0.4, 0.5) is 4.39 Å². The Bertz CT molecular complexity index is 558. The quantitative estimate of drug-likeness (QED) is 0.844. The molecule has 4 nitrogen and oxygen atoms in total. The number of halogens is 1. The number of para-hydroxylation sites is 1. The van der Waals surface area contributed by atoms with Gasteiger partial charge in [0, 0.05) is 37.3 Å². The smallest absolute Gasteiger partial charge is 0.165 e. The molecule has 1 aromatic carbocycles. The van der Waals surface area contributed by atoms with Gasteiger partial charge in [-0.3, -0.25) is 9.80 Å². The SMILES string of the molecule is COc1c(F)cccc1CN1CCC2(CC1)CN(C)CCCN2C. The van der Waals surface area contributed by atoms with Gasteiger partial charge in [-0.25, -0.2) is 4.39 Å². The maximum Gasteiger partial charge on any atom is 0.165 e. The van der Waals surface area contributed by atoms with Crippen LogP contribution in [0.3, 0.4) is 0 Å². The lowest BCUT2D eigenvalue weighted by Crippen LogP contribution is -2.57. The average Bonchev–Trinajstić information content (AvgIpc) is 2.69. The van der Waals surface area contributed by atoms with Crippen LogP contribution in [0.2, 0.25) is 0 Å². The van der Waals surface area contributed by atoms with Crippen LogP contribution < -0.4 is 4.74 Å². The van der Waals surface area contributed by atoms with Crippen LogP contribution in [0, 0.1) is 5.82 Å². The molecule has 0 aromatic heterocycles. The van der Waals surface area contributed by atoms with Gasteiger partial charge in [0.1, 0.15) is 0 Å². The lowest BCUT2D eigenvalue weighted by Gasteiger charge is -2.47. The van der Waals surface area contributed by atoms with Gasteiger partial charge in [0.15, 0.2) is 11.6 Å². The first-order chi connectivity index (χ1) is 11.5. The van der Waals surface area contributed by atoms with E-state index >= 15 is 0 Å². The molecule has 0 saturated carbocycles. The van der Waals surface area contributed by atoms with Gasteiger partial charge in [-0.05, 0) is 52.5 Å². The molecule has 0 atom stereocenters. The molecule has 0 aliphatic carbocycles. The van der Waals surface area contributed by atoms with E-state index < -0.39 is 0 Å². The molecule has 2 fully saturated rings. The highest BCUT2D eigenvalue weighted by Crippen LogP contribution is 2.32. The van der Waals surface area contributed by atoms with Crippen molar-refractivity contribution in [1.82, 2.24) is 14.7 Å². The lowest BCUT2D eigenvalue weighted by atomic mass is 9.85. The largest absolute Gasteiger partial charge is 0.493 e. The lowest BCUT2D eigenvalue weighted by molar-refractivity contribution is 0.0293. The molecule has 0 bridgehead atoms. The average molecular weight is 335 g/mol. The number of likely N-dealkylation sites (N-methyl/N-ethyl adjacent to an activating group) is 2. The summed E-state index contributed by atoms with van der Waals surface area (Å²) < 4.78 is 19.1. The topological polar surface area (TPSA) is 19.0 Å². The monoisotopic (exact) mass is 335 g/mol. The fraction of sp³-hybridized carbons (Fsp3) is 0.684. The Morgan fingerprint density at radius 2 is 1.88 bits per heavy atom. The second kappa shape index (κ2) is 7.38. The van der Waals surface area contributed by atoms with Gasteiger partial charge in [0.05, 0.1) is 7.11 Å². The van der Waals surface area contributed by atoms with E-state index in [9.17, 15) is 4.39 Å². The predicted octanol–water partition coefficient (Wildman–Crippen LogP) is 2.44. The Balaban J connectivity index is 1.66. The van der Waals surface area contributed by atoms with Crippen LogP contribution >= 0.6 is 0 Å². The van der Waals surface area contributed by atoms with Crippen molar-refractivity contribution < 1.29 is 9.13 Å². The van der Waals surface area contributed by atoms with E-state index in [1.807, 2.05) is 6.07 Å². The summed E-state index contributed by atoms with van der Waals surface area (Å²) in [6.07, 6.45) is 3.59. The summed E-state index contributed by atoms with van der Waals surface area (Å²) in [5, 5.41) is 0. The van der Waals surface area contributed by atoms with E-state index in [2.05, 4.69) is 28.8 Å². The van der Waals surface area contributed by atoms with Crippen molar-refractivity contribution in [2.24, 2.45) is 0 Å². The third kappa shape index (κ3) is 3.58. The number of ether oxygens (including phenoxy) is 1. The zero-order valence-electron chi connectivity index (χ0n) is 15.2. The summed E-state index contributed by atoms with van der Waals surface area (Å²) in [5.41, 5.74) is 1.24. The van der Waals surface area contributed by atoms with Crippen molar-refractivity contribution in [2.45, 2.75) is 31.3 Å². The number of hydrogen-bond donors (Lipinski definition) is 0. The van der Waals surface area contributed by atoms with Crippen molar-refractivity contribution >= 4 is 0 Å². The number of nitrogens with zero attached hydrogens (tertiary/aromatic N) is 3. The third-order valence-electron chi connectivity index (χ3n) is 5.84. The Morgan fingerprint density at radius 1 is 1.12 bits per heavy atom. The molecule has 2 saturated heterocycles. The van der Waals surface area contributed by atoms with Crippen molar-refractivity contribution in [3.8, 4) is 5.75 Å². The Morgan fingerprint density at radius 3 is 2.58 bits per heavy atom. The highest BCUT2D eigenvalue weighted by molar-refractivity contribution is 5.34. The van der Waals surface area contributed by atoms with Crippen molar-refractivity contribution in [3.05, 3.63) is 29.6 Å². The van der Waals surface area contributed by atoms with Crippen LogP contribution in [-0.4, -0.2) is 74.2 Å². The van der Waals surface area contributed by atoms with Gasteiger partial charge in [0.2, 0.25) is 0 Å². The van der Waals surface area contributed by atoms with Crippen LogP contribution in [-0.2, 0) is 6.54 Å². The number of likely N-dealkylation sites (tertiary alicyclic amines) is 1. The first-order valence-corrected chi connectivity index (χ1v) is 8.97. The van der Waals surface area contributed by atoms with Gasteiger partial charge in [-0.1, -0.05) is 12.1 Å². The minimum absolute atomic E-state index is 0.270. The van der Waals surface area contributed by atoms with E-state index in [1.54, 1.807) is 13.2 Å². The van der Waals surface area contributed by atoms with Gasteiger partial charge in [0.25, 0.3) is 0 Å². The van der Waals surface area contributed by atoms with E-state index in [0.29, 0.717) is 11.3 Å². The number of rotatable bonds is 3. The first-order valence-electron chi connectivity index (χ1n) is 8.97. The summed E-state index contributed by atoms with van der Waals surface area (Å²) in [7, 11) is 6.07. The van der Waals surface area contributed by atoms with E-state index in [0.717, 1.165) is 31.7 Å². The number of benzene rings is 1. The third-order valence-corrected chi connectivity index (χ3v) is 5.84. The highest BCUT2D eigenvalue weighted by atomic mass is 19.1. The zero-order valence-corrected chi connectivity index (χ0v) is 15.2. The van der Waals surface area contributed by atoms with Crippen LogP contribution in [0.5, 0.6) is 5.75 Å². The minimum atomic E-state index is -0.270. The molecule has 2 aliphatic heterocycles. The zero-order chi connectivity index (χ0) is 17.2. The predicted molar refractivity (Wildman–Crippen MR) is 94.9 cm³/mol. The van der Waals surface area contributed by atoms with E-state index in [4.69, 9.17) is 4.74 Å². The number of hydrogen-bond acceptors (Lipinski definition) is 4. The molecular weight excluding hydrogens is 305 g/mol. The first kappa shape index (κ1) is 17.6. The van der Waals surface area contributed by atoms with Gasteiger partial charge in [-0.2, -0.15) is 0 Å². The normalized spacial score (nSPS) is 23.3. The maximum atomic E-state index is 13.9. The summed E-state index contributed by atoms with van der Waals surface area (Å²) in [4.78, 5) is 7.49. The van der Waals surface area contributed by atoms with E-state index in [-0.39, 0.29) is 5.82 Å². The second-order valence-electron chi connectivity index (χ2n) is 7.45. The molecule has 2 heterocycles. The molecule has 0 N–H and O–H groups in total. The molecule has 1 aromatic rings. The summed E-state index contributed by atoms with van der Waals surface area (Å²) in [5.74, 6) is 0.123. The summed E-state index contributed by atoms with van der Waals surface area (Å²) >= 11 is 0. The van der Waals surface area contributed by atoms with Crippen LogP contribution in [0.25, 0.3) is 0 Å². The van der Waals surface area contributed by atoms with Crippen molar-refractivity contribution in [3.63, 3.8) is 0 Å². The second-order valence-corrected chi connectivity index (χ2v) is 7.45. The van der Waals surface area contributed by atoms with Gasteiger partial charge >= 0.3 is 0 Å². The van der Waals surface area contributed by atoms with Gasteiger partial charge in [-0.15, -0.1) is 0 Å². The van der Waals surface area contributed by atoms with Crippen molar-refractivity contribution in [2.75, 3.05) is 53.9 Å². The number of piperidine rings is 1.